The van der Waals surface area contributed by atoms with Gasteiger partial charge in [0.25, 0.3) is 0 Å². The smallest absolute Gasteiger partial charge is 0.373 e. The first-order valence-corrected chi connectivity index (χ1v) is 34.2. The van der Waals surface area contributed by atoms with E-state index in [4.69, 9.17) is 26.9 Å². The summed E-state index contributed by atoms with van der Waals surface area (Å²) in [6.45, 7) is 0.484. The number of carboxylic acid groups (broad SMARTS) is 7. The molecule has 30 nitrogen and oxygen atoms in total. The fourth-order valence-corrected chi connectivity index (χ4v) is 11.5. The number of carbonyl (C=O) groups excluding carboxylic acids is 7. The van der Waals surface area contributed by atoms with Gasteiger partial charge in [-0.05, 0) is 93.7 Å². The molecule has 0 saturated carbocycles. The van der Waals surface area contributed by atoms with Gasteiger partial charge in [0.1, 0.15) is 23.7 Å². The fraction of sp³-hybridized carbons (Fsp3) is 0.618. The molecule has 1 heterocycles. The number of hydrogen-bond donors (Lipinski definition) is 12. The largest absolute Gasteiger partial charge is 0.481 e. The van der Waals surface area contributed by atoms with Crippen LogP contribution in [0.2, 0.25) is 0 Å². The van der Waals surface area contributed by atoms with Crippen molar-refractivity contribution in [1.29, 1.82) is 0 Å². The normalized spacial score (nSPS) is 14.9. The molecule has 4 amide bonds. The van der Waals surface area contributed by atoms with E-state index in [0.29, 0.717) is 88.7 Å². The van der Waals surface area contributed by atoms with Crippen molar-refractivity contribution >= 4 is 94.6 Å². The Morgan fingerprint density at radius 2 is 0.970 bits per heavy atom. The summed E-state index contributed by atoms with van der Waals surface area (Å²) in [6.07, 6.45) is 9.41. The Bertz CT molecular complexity index is 2900. The molecule has 0 aliphatic carbocycles. The number of benzene rings is 2. The van der Waals surface area contributed by atoms with Crippen LogP contribution >= 0.6 is 12.2 Å². The van der Waals surface area contributed by atoms with Crippen molar-refractivity contribution in [3.8, 4) is 0 Å². The summed E-state index contributed by atoms with van der Waals surface area (Å²) in [6, 6.07) is 13.5. The molecule has 0 bridgehead atoms. The Hall–Kier alpha value is -8.61. The van der Waals surface area contributed by atoms with Crippen molar-refractivity contribution in [2.45, 2.75) is 172 Å². The van der Waals surface area contributed by atoms with Gasteiger partial charge in [-0.15, -0.1) is 0 Å². The first-order valence-electron chi connectivity index (χ1n) is 33.7. The van der Waals surface area contributed by atoms with Gasteiger partial charge in [0, 0.05) is 122 Å². The quantitative estimate of drug-likeness (QED) is 0.0331. The maximum absolute atomic E-state index is 13.9. The number of amides is 4. The van der Waals surface area contributed by atoms with Crippen molar-refractivity contribution in [3.63, 3.8) is 0 Å². The number of ketones is 2. The van der Waals surface area contributed by atoms with Gasteiger partial charge >= 0.3 is 54.0 Å². The second-order valence-electron chi connectivity index (χ2n) is 24.6. The Labute approximate surface area is 582 Å². The molecule has 0 aromatic heterocycles. The Morgan fingerprint density at radius 1 is 0.465 bits per heavy atom. The molecule has 1 aliphatic rings. The summed E-state index contributed by atoms with van der Waals surface area (Å²) in [7, 11) is 0. The lowest BCUT2D eigenvalue weighted by Crippen LogP contribution is -2.53. The van der Waals surface area contributed by atoms with E-state index >= 15 is 0 Å². The van der Waals surface area contributed by atoms with Crippen molar-refractivity contribution in [2.24, 2.45) is 5.92 Å². The molecule has 12 N–H and O–H groups in total. The average molecular weight is 1410 g/mol. The highest BCUT2D eigenvalue weighted by atomic mass is 32.1. The summed E-state index contributed by atoms with van der Waals surface area (Å²) in [5.74, 6) is -9.71. The lowest BCUT2D eigenvalue weighted by molar-refractivity contribution is -0.192. The average Bonchev–Trinajstić information content (AvgIpc) is 0.874. The zero-order chi connectivity index (χ0) is 73.3. The minimum Gasteiger partial charge on any atom is -0.481 e. The predicted molar refractivity (Wildman–Crippen MR) is 363 cm³/mol. The third kappa shape index (κ3) is 43.4. The molecule has 0 spiro atoms. The fourth-order valence-electron chi connectivity index (χ4n) is 11.2. The molecule has 1 unspecified atom stereocenters. The second kappa shape index (κ2) is 51.6. The van der Waals surface area contributed by atoms with Gasteiger partial charge < -0.3 is 62.3 Å². The van der Waals surface area contributed by atoms with Crippen LogP contribution in [0.3, 0.4) is 0 Å². The number of carboxylic acids is 7. The monoisotopic (exact) mass is 1410 g/mol. The van der Waals surface area contributed by atoms with Gasteiger partial charge in [-0.25, -0.2) is 14.4 Å². The Morgan fingerprint density at radius 3 is 1.55 bits per heavy atom. The van der Waals surface area contributed by atoms with Crippen LogP contribution in [0, 0.1) is 5.92 Å². The number of hydrogen-bond acceptors (Lipinski definition) is 19. The molecule has 31 heteroatoms. The van der Waals surface area contributed by atoms with Crippen LogP contribution in [-0.4, -0.2) is 247 Å². The van der Waals surface area contributed by atoms with Gasteiger partial charge in [0.15, 0.2) is 0 Å². The van der Waals surface area contributed by atoms with Crippen LogP contribution in [0.25, 0.3) is 0 Å². The van der Waals surface area contributed by atoms with Crippen LogP contribution in [0.1, 0.15) is 152 Å². The molecule has 2 aromatic rings. The maximum Gasteiger partial charge on any atom is 0.373 e. The number of thiocarbonyl (C=S) groups is 1. The molecule has 1 fully saturated rings. The predicted octanol–water partition coefficient (Wildman–Crippen LogP) is 3.75. The molecular weight excluding hydrogens is 1310 g/mol. The molecule has 3 rings (SSSR count). The summed E-state index contributed by atoms with van der Waals surface area (Å²) in [4.78, 5) is 170. The van der Waals surface area contributed by atoms with Gasteiger partial charge in [-0.1, -0.05) is 98.9 Å². The van der Waals surface area contributed by atoms with Crippen LogP contribution < -0.4 is 26.6 Å². The van der Waals surface area contributed by atoms with Gasteiger partial charge in [0.05, 0.1) is 31.2 Å². The zero-order valence-corrected chi connectivity index (χ0v) is 57.2. The van der Waals surface area contributed by atoms with E-state index in [9.17, 15) is 88.2 Å². The standard InChI is InChI=1S/C67H101N9O19S.CO2/c77-53(29-30-56(66(93)94)72-67(95)70-33-15-24-59(80)81)20-8-3-1-2-4-9-21-54(78)42-51(64(90)71-55(65(91)92)22-11-13-31-68-57(79)23-14-18-48-16-6-5-7-17-48)19-10-12-32-69-58(96)41-50-27-25-49(26-28-50)40-52-43-75(46-62(86)87)37-36-73(44-60(82)83)34-35-74(45-61(84)85)38-39-76(52)47-63(88)89;2-1-3/h5-7,16-17,25-28,51-52,55-56H,1-4,8-15,18-24,29-47H2,(H,68,79)(H,69,96)(H,71,90)(H,80,81)(H,82,83)(H,84,85)(H,86,87)(H,88,89)(H,91,92)(H,93,94)(H2,70,72,95);/t51-,52?,55+,56+;/m1./s1. The highest BCUT2D eigenvalue weighted by Gasteiger charge is 2.30. The number of nitrogens with one attached hydrogen (secondary N) is 5. The summed E-state index contributed by atoms with van der Waals surface area (Å²) in [5, 5.41) is 81.0. The number of unbranched alkanes of at least 4 members (excludes halogenated alkanes) is 7. The lowest BCUT2D eigenvalue weighted by atomic mass is 9.92. The number of carbonyl (C=O) groups is 12. The SMILES string of the molecule is O=C(O)CCCNC(=O)N[C@@H](CCC(=O)CCCCCCCCC(=O)C[C@@H](CCCCNC(=S)Cc1ccc(CC2CN(CC(=O)O)CCN(CC(=O)O)CCN(CC(=O)O)CCN2CC(=O)O)cc1)C(=O)N[C@@H](CCCCNC(=O)CCCc1ccccc1)C(=O)O)C(=O)O.O=C=O. The minimum absolute atomic E-state index is 0.0443. The van der Waals surface area contributed by atoms with Gasteiger partial charge in [-0.3, -0.25) is 62.8 Å². The third-order valence-corrected chi connectivity index (χ3v) is 16.8. The van der Waals surface area contributed by atoms with E-state index < -0.39 is 84.3 Å². The van der Waals surface area contributed by atoms with Crippen LogP contribution in [0.5, 0.6) is 0 Å². The van der Waals surface area contributed by atoms with Crippen LogP contribution in [-0.2, 0) is 81.6 Å². The maximum atomic E-state index is 13.9. The number of aliphatic carboxylic acids is 7. The first kappa shape index (κ1) is 86.5. The second-order valence-corrected chi connectivity index (χ2v) is 25.1. The van der Waals surface area contributed by atoms with Gasteiger partial charge in [0.2, 0.25) is 11.8 Å². The number of urea groups is 1. The Balaban J connectivity index is 0.0000109. The van der Waals surface area contributed by atoms with Crippen molar-refractivity contribution < 1.29 is 103 Å². The summed E-state index contributed by atoms with van der Waals surface area (Å²) in [5.41, 5.74) is 2.81. The van der Waals surface area contributed by atoms with E-state index in [0.717, 1.165) is 42.4 Å². The molecule has 2 aromatic carbocycles. The van der Waals surface area contributed by atoms with E-state index in [1.165, 1.54) is 0 Å². The van der Waals surface area contributed by atoms with Crippen molar-refractivity contribution in [1.82, 2.24) is 46.2 Å². The summed E-state index contributed by atoms with van der Waals surface area (Å²) < 4.78 is 0. The summed E-state index contributed by atoms with van der Waals surface area (Å²) >= 11 is 5.71. The molecule has 1 saturated heterocycles. The van der Waals surface area contributed by atoms with E-state index in [1.54, 1.807) is 19.6 Å². The zero-order valence-electron chi connectivity index (χ0n) is 56.4. The molecule has 550 valence electrons. The first-order chi connectivity index (χ1) is 47.3. The van der Waals surface area contributed by atoms with Crippen LogP contribution in [0.4, 0.5) is 4.79 Å². The van der Waals surface area contributed by atoms with Crippen LogP contribution in [0.15, 0.2) is 54.6 Å². The number of Topliss-reactive ketones (excluding diaryl/α,β-unsaturated/α-hetero) is 2. The highest BCUT2D eigenvalue weighted by Crippen LogP contribution is 2.20. The van der Waals surface area contributed by atoms with Gasteiger partial charge in [-0.2, -0.15) is 9.59 Å². The van der Waals surface area contributed by atoms with E-state index in [1.807, 2.05) is 54.6 Å². The molecule has 4 atom stereocenters. The third-order valence-electron chi connectivity index (χ3n) is 16.5. The minimum atomic E-state index is -1.30. The molecule has 1 aliphatic heterocycles. The van der Waals surface area contributed by atoms with E-state index in [2.05, 4.69) is 26.6 Å². The lowest BCUT2D eigenvalue weighted by Gasteiger charge is -2.37. The highest BCUT2D eigenvalue weighted by molar-refractivity contribution is 7.80. The van der Waals surface area contributed by atoms with Crippen molar-refractivity contribution in [3.05, 3.63) is 71.3 Å². The molecular formula is C68H101N9O21S. The Kier molecular flexibility index (Phi) is 45.0. The molecule has 99 heavy (non-hydrogen) atoms. The number of nitrogens with zero attached hydrogens (tertiary/aromatic N) is 4. The number of rotatable bonds is 49. The van der Waals surface area contributed by atoms with E-state index in [-0.39, 0.29) is 153 Å². The number of aryl methyl sites for hydroxylation is 1. The topological polar surface area (TPSA) is 454 Å². The van der Waals surface area contributed by atoms with Crippen molar-refractivity contribution in [2.75, 3.05) is 91.6 Å². The molecule has 0 radical (unpaired) electrons.